The first kappa shape index (κ1) is 16.8. The molecule has 0 radical (unpaired) electrons. The summed E-state index contributed by atoms with van der Waals surface area (Å²) in [5.41, 5.74) is 0. The van der Waals surface area contributed by atoms with Gasteiger partial charge in [-0.3, -0.25) is 9.69 Å². The first-order valence-electron chi connectivity index (χ1n) is 6.85. The third-order valence-electron chi connectivity index (χ3n) is 3.44. The number of carbonyl (C=O) groups excluding carboxylic acids is 1. The molecule has 0 aromatic heterocycles. The molecular weight excluding hydrogens is 271 g/mol. The van der Waals surface area contributed by atoms with Crippen molar-refractivity contribution < 1.29 is 18.0 Å². The van der Waals surface area contributed by atoms with E-state index in [1.165, 1.54) is 4.90 Å². The summed E-state index contributed by atoms with van der Waals surface area (Å²) >= 11 is 0. The van der Waals surface area contributed by atoms with Crippen molar-refractivity contribution in [3.05, 3.63) is 0 Å². The van der Waals surface area contributed by atoms with Crippen LogP contribution in [-0.2, 0) is 4.79 Å². The number of hydrogen-bond donors (Lipinski definition) is 0. The molecule has 4 nitrogen and oxygen atoms in total. The van der Waals surface area contributed by atoms with E-state index < -0.39 is 24.9 Å². The molecule has 7 heteroatoms. The van der Waals surface area contributed by atoms with Crippen LogP contribution in [0.3, 0.4) is 0 Å². The van der Waals surface area contributed by atoms with E-state index in [-0.39, 0.29) is 6.04 Å². The summed E-state index contributed by atoms with van der Waals surface area (Å²) in [4.78, 5) is 15.1. The number of alkyl halides is 3. The molecular formula is C13H20F3N3O. The molecule has 0 spiro atoms. The molecule has 0 bridgehead atoms. The molecule has 1 amide bonds. The number of rotatable bonds is 5. The highest BCUT2D eigenvalue weighted by molar-refractivity contribution is 5.76. The van der Waals surface area contributed by atoms with Crippen LogP contribution in [0.15, 0.2) is 0 Å². The summed E-state index contributed by atoms with van der Waals surface area (Å²) < 4.78 is 36.2. The second-order valence-electron chi connectivity index (χ2n) is 4.97. The first-order valence-corrected chi connectivity index (χ1v) is 6.85. The quantitative estimate of drug-likeness (QED) is 0.780. The Balaban J connectivity index is 2.38. The fourth-order valence-corrected chi connectivity index (χ4v) is 2.29. The molecule has 0 N–H and O–H groups in total. The summed E-state index contributed by atoms with van der Waals surface area (Å²) in [6, 6.07) is 2.08. The maximum Gasteiger partial charge on any atom is 0.389 e. The fourth-order valence-electron chi connectivity index (χ4n) is 2.29. The molecule has 1 heterocycles. The highest BCUT2D eigenvalue weighted by Crippen LogP contribution is 2.22. The van der Waals surface area contributed by atoms with Gasteiger partial charge in [0, 0.05) is 32.6 Å². The molecule has 0 aromatic rings. The number of amides is 1. The van der Waals surface area contributed by atoms with Gasteiger partial charge in [-0.1, -0.05) is 13.3 Å². The highest BCUT2D eigenvalue weighted by atomic mass is 19.4. The molecule has 1 atom stereocenters. The van der Waals surface area contributed by atoms with Gasteiger partial charge in [-0.15, -0.1) is 0 Å². The minimum atomic E-state index is -4.29. The van der Waals surface area contributed by atoms with Crippen molar-refractivity contribution in [1.29, 1.82) is 5.26 Å². The minimum Gasteiger partial charge on any atom is -0.340 e. The van der Waals surface area contributed by atoms with Gasteiger partial charge in [-0.2, -0.15) is 18.4 Å². The Kier molecular flexibility index (Phi) is 6.27. The van der Waals surface area contributed by atoms with E-state index in [4.69, 9.17) is 5.26 Å². The van der Waals surface area contributed by atoms with Crippen molar-refractivity contribution >= 4 is 5.91 Å². The van der Waals surface area contributed by atoms with Crippen LogP contribution in [-0.4, -0.2) is 54.1 Å². The van der Waals surface area contributed by atoms with E-state index in [9.17, 15) is 18.0 Å². The number of halogens is 3. The van der Waals surface area contributed by atoms with Crippen molar-refractivity contribution in [3.8, 4) is 6.07 Å². The van der Waals surface area contributed by atoms with Crippen LogP contribution in [0.4, 0.5) is 13.2 Å². The lowest BCUT2D eigenvalue weighted by molar-refractivity contribution is -0.150. The Bertz CT molecular complexity index is 357. The zero-order valence-electron chi connectivity index (χ0n) is 11.6. The third-order valence-corrected chi connectivity index (χ3v) is 3.44. The summed E-state index contributed by atoms with van der Waals surface area (Å²) in [6.45, 7) is 3.91. The normalized spacial score (nSPS) is 18.6. The SMILES string of the molecule is CCCC(C#N)N1CCN(C(=O)CCC(F)(F)F)CC1. The Labute approximate surface area is 117 Å². The van der Waals surface area contributed by atoms with Gasteiger partial charge in [0.15, 0.2) is 0 Å². The third kappa shape index (κ3) is 5.37. The Morgan fingerprint density at radius 2 is 1.90 bits per heavy atom. The predicted molar refractivity (Wildman–Crippen MR) is 67.8 cm³/mol. The van der Waals surface area contributed by atoms with Crippen molar-refractivity contribution in [3.63, 3.8) is 0 Å². The molecule has 1 saturated heterocycles. The van der Waals surface area contributed by atoms with E-state index in [0.29, 0.717) is 26.2 Å². The number of nitriles is 1. The monoisotopic (exact) mass is 291 g/mol. The Morgan fingerprint density at radius 1 is 1.30 bits per heavy atom. The van der Waals surface area contributed by atoms with Gasteiger partial charge >= 0.3 is 6.18 Å². The zero-order valence-corrected chi connectivity index (χ0v) is 11.6. The van der Waals surface area contributed by atoms with Gasteiger partial charge in [-0.05, 0) is 6.42 Å². The second kappa shape index (κ2) is 7.48. The van der Waals surface area contributed by atoms with Crippen LogP contribution in [0, 0.1) is 11.3 Å². The lowest BCUT2D eigenvalue weighted by atomic mass is 10.1. The van der Waals surface area contributed by atoms with Crippen molar-refractivity contribution in [1.82, 2.24) is 9.80 Å². The molecule has 1 rings (SSSR count). The number of hydrogen-bond acceptors (Lipinski definition) is 3. The zero-order chi connectivity index (χ0) is 15.2. The average Bonchev–Trinajstić information content (AvgIpc) is 2.41. The van der Waals surface area contributed by atoms with Gasteiger partial charge in [0.25, 0.3) is 0 Å². The minimum absolute atomic E-state index is 0.160. The summed E-state index contributed by atoms with van der Waals surface area (Å²) in [7, 11) is 0. The molecule has 1 unspecified atom stereocenters. The van der Waals surface area contributed by atoms with E-state index >= 15 is 0 Å². The van der Waals surface area contributed by atoms with Crippen LogP contribution >= 0.6 is 0 Å². The van der Waals surface area contributed by atoms with Crippen LogP contribution in [0.2, 0.25) is 0 Å². The lowest BCUT2D eigenvalue weighted by Crippen LogP contribution is -2.51. The maximum absolute atomic E-state index is 12.1. The van der Waals surface area contributed by atoms with Crippen molar-refractivity contribution in [2.24, 2.45) is 0 Å². The number of nitrogens with zero attached hydrogens (tertiary/aromatic N) is 3. The van der Waals surface area contributed by atoms with Crippen LogP contribution in [0.25, 0.3) is 0 Å². The molecule has 20 heavy (non-hydrogen) atoms. The van der Waals surface area contributed by atoms with Gasteiger partial charge in [0.1, 0.15) is 0 Å². The smallest absolute Gasteiger partial charge is 0.340 e. The molecule has 0 saturated carbocycles. The van der Waals surface area contributed by atoms with Gasteiger partial charge in [-0.25, -0.2) is 0 Å². The molecule has 1 aliphatic rings. The Morgan fingerprint density at radius 3 is 2.35 bits per heavy atom. The van der Waals surface area contributed by atoms with Gasteiger partial charge in [0.05, 0.1) is 18.5 Å². The summed E-state index contributed by atoms with van der Waals surface area (Å²) in [5.74, 6) is -0.453. The number of piperazine rings is 1. The van der Waals surface area contributed by atoms with E-state index in [0.717, 1.165) is 12.8 Å². The summed E-state index contributed by atoms with van der Waals surface area (Å²) in [5, 5.41) is 9.06. The van der Waals surface area contributed by atoms with Crippen LogP contribution in [0.1, 0.15) is 32.6 Å². The number of carbonyl (C=O) groups is 1. The van der Waals surface area contributed by atoms with Crippen molar-refractivity contribution in [2.45, 2.75) is 44.8 Å². The van der Waals surface area contributed by atoms with E-state index in [1.807, 2.05) is 11.8 Å². The highest BCUT2D eigenvalue weighted by Gasteiger charge is 2.30. The lowest BCUT2D eigenvalue weighted by Gasteiger charge is -2.37. The van der Waals surface area contributed by atoms with Crippen molar-refractivity contribution in [2.75, 3.05) is 26.2 Å². The topological polar surface area (TPSA) is 47.3 Å². The van der Waals surface area contributed by atoms with Crippen LogP contribution in [0.5, 0.6) is 0 Å². The maximum atomic E-state index is 12.1. The second-order valence-corrected chi connectivity index (χ2v) is 4.97. The van der Waals surface area contributed by atoms with Gasteiger partial charge < -0.3 is 4.90 Å². The predicted octanol–water partition coefficient (Wildman–Crippen LogP) is 2.17. The molecule has 0 aliphatic carbocycles. The average molecular weight is 291 g/mol. The van der Waals surface area contributed by atoms with E-state index in [1.54, 1.807) is 0 Å². The Hall–Kier alpha value is -1.29. The fraction of sp³-hybridized carbons (Fsp3) is 0.846. The standard InChI is InChI=1S/C13H20F3N3O/c1-2-3-11(10-17)18-6-8-19(9-7-18)12(20)4-5-13(14,15)16/h11H,2-9H2,1H3. The molecule has 0 aromatic carbocycles. The summed E-state index contributed by atoms with van der Waals surface area (Å²) in [6.07, 6.45) is -4.16. The molecule has 1 aliphatic heterocycles. The van der Waals surface area contributed by atoms with Gasteiger partial charge in [0.2, 0.25) is 5.91 Å². The molecule has 1 fully saturated rings. The molecule has 114 valence electrons. The largest absolute Gasteiger partial charge is 0.389 e. The van der Waals surface area contributed by atoms with E-state index in [2.05, 4.69) is 6.07 Å². The first-order chi connectivity index (χ1) is 9.37. The van der Waals surface area contributed by atoms with Crippen LogP contribution < -0.4 is 0 Å².